The standard InChI is InChI=1S/C18H20N4O5S/c23-17(18(24)20-14-1-3-15(4-2-14)22(25)26)19-11-16(13-5-10-28-12-13)21-6-8-27-9-7-21/h1-5,10,12,16H,6-9,11H2,(H,19,23)(H,20,24). The Labute approximate surface area is 165 Å². The van der Waals surface area contributed by atoms with Crippen LogP contribution in [0.4, 0.5) is 11.4 Å². The number of carbonyl (C=O) groups excluding carboxylic acids is 2. The number of carbonyl (C=O) groups is 2. The molecule has 10 heteroatoms. The Kier molecular flexibility index (Phi) is 6.69. The highest BCUT2D eigenvalue weighted by Crippen LogP contribution is 2.23. The van der Waals surface area contributed by atoms with Gasteiger partial charge in [0.15, 0.2) is 0 Å². The molecule has 1 unspecified atom stereocenters. The van der Waals surface area contributed by atoms with Gasteiger partial charge in [0.05, 0.1) is 24.2 Å². The predicted molar refractivity (Wildman–Crippen MR) is 104 cm³/mol. The zero-order chi connectivity index (χ0) is 19.9. The number of thiophene rings is 1. The fraction of sp³-hybridized carbons (Fsp3) is 0.333. The van der Waals surface area contributed by atoms with Gasteiger partial charge in [-0.2, -0.15) is 11.3 Å². The third-order valence-electron chi connectivity index (χ3n) is 4.41. The van der Waals surface area contributed by atoms with E-state index in [2.05, 4.69) is 15.5 Å². The van der Waals surface area contributed by atoms with Crippen molar-refractivity contribution in [3.05, 3.63) is 56.8 Å². The largest absolute Gasteiger partial charge is 0.379 e. The average molecular weight is 404 g/mol. The number of nitrogens with zero attached hydrogens (tertiary/aromatic N) is 2. The second-order valence-electron chi connectivity index (χ2n) is 6.19. The average Bonchev–Trinajstić information content (AvgIpc) is 3.23. The number of anilines is 1. The maximum Gasteiger partial charge on any atom is 0.313 e. The van der Waals surface area contributed by atoms with Gasteiger partial charge in [0.1, 0.15) is 0 Å². The van der Waals surface area contributed by atoms with Crippen LogP contribution < -0.4 is 10.6 Å². The lowest BCUT2D eigenvalue weighted by atomic mass is 10.1. The third kappa shape index (κ3) is 5.12. The summed E-state index contributed by atoms with van der Waals surface area (Å²) in [5, 5.41) is 19.8. The number of ether oxygens (including phenoxy) is 1. The molecule has 1 saturated heterocycles. The zero-order valence-electron chi connectivity index (χ0n) is 15.0. The summed E-state index contributed by atoms with van der Waals surface area (Å²) in [5.41, 5.74) is 1.31. The normalized spacial score (nSPS) is 15.6. The molecule has 1 aliphatic heterocycles. The lowest BCUT2D eigenvalue weighted by molar-refractivity contribution is -0.384. The van der Waals surface area contributed by atoms with Crippen LogP contribution in [0.3, 0.4) is 0 Å². The highest BCUT2D eigenvalue weighted by atomic mass is 32.1. The van der Waals surface area contributed by atoms with E-state index in [1.54, 1.807) is 11.3 Å². The van der Waals surface area contributed by atoms with Crippen LogP contribution in [-0.4, -0.2) is 54.5 Å². The topological polar surface area (TPSA) is 114 Å². The van der Waals surface area contributed by atoms with Gasteiger partial charge >= 0.3 is 11.8 Å². The van der Waals surface area contributed by atoms with E-state index in [-0.39, 0.29) is 11.7 Å². The molecule has 1 aromatic heterocycles. The van der Waals surface area contributed by atoms with Crippen molar-refractivity contribution in [3.8, 4) is 0 Å². The van der Waals surface area contributed by atoms with Crippen LogP contribution in [0.15, 0.2) is 41.1 Å². The number of nitro benzene ring substituents is 1. The van der Waals surface area contributed by atoms with E-state index in [1.807, 2.05) is 16.8 Å². The third-order valence-corrected chi connectivity index (χ3v) is 5.11. The molecule has 2 aromatic rings. The van der Waals surface area contributed by atoms with Gasteiger partial charge in [-0.15, -0.1) is 0 Å². The van der Waals surface area contributed by atoms with Crippen LogP contribution in [-0.2, 0) is 14.3 Å². The smallest absolute Gasteiger partial charge is 0.313 e. The van der Waals surface area contributed by atoms with Crippen molar-refractivity contribution in [1.29, 1.82) is 0 Å². The molecule has 2 heterocycles. The fourth-order valence-corrected chi connectivity index (χ4v) is 3.64. The summed E-state index contributed by atoms with van der Waals surface area (Å²) in [5.74, 6) is -1.58. The molecule has 1 atom stereocenters. The molecule has 28 heavy (non-hydrogen) atoms. The highest BCUT2D eigenvalue weighted by molar-refractivity contribution is 7.08. The number of nitrogens with one attached hydrogen (secondary N) is 2. The van der Waals surface area contributed by atoms with Gasteiger partial charge in [0.25, 0.3) is 5.69 Å². The van der Waals surface area contributed by atoms with Gasteiger partial charge in [-0.05, 0) is 34.5 Å². The monoisotopic (exact) mass is 404 g/mol. The summed E-state index contributed by atoms with van der Waals surface area (Å²) >= 11 is 1.58. The summed E-state index contributed by atoms with van der Waals surface area (Å²) in [7, 11) is 0. The Morgan fingerprint density at radius 2 is 1.89 bits per heavy atom. The zero-order valence-corrected chi connectivity index (χ0v) is 15.8. The van der Waals surface area contributed by atoms with Crippen molar-refractivity contribution < 1.29 is 19.2 Å². The first-order valence-electron chi connectivity index (χ1n) is 8.72. The molecule has 1 fully saturated rings. The lowest BCUT2D eigenvalue weighted by Crippen LogP contribution is -2.45. The minimum atomic E-state index is -0.820. The van der Waals surface area contributed by atoms with Crippen molar-refractivity contribution in [2.45, 2.75) is 6.04 Å². The second-order valence-corrected chi connectivity index (χ2v) is 6.97. The minimum absolute atomic E-state index is 0.0359. The number of rotatable bonds is 6. The predicted octanol–water partition coefficient (Wildman–Crippen LogP) is 1.78. The SMILES string of the molecule is O=C(NCC(c1ccsc1)N1CCOCC1)C(=O)Nc1ccc([N+](=O)[O-])cc1. The molecule has 0 radical (unpaired) electrons. The molecule has 148 valence electrons. The van der Waals surface area contributed by atoms with Crippen molar-refractivity contribution in [1.82, 2.24) is 10.2 Å². The van der Waals surface area contributed by atoms with Gasteiger partial charge in [0, 0.05) is 37.5 Å². The first-order chi connectivity index (χ1) is 13.5. The fourth-order valence-electron chi connectivity index (χ4n) is 2.94. The number of benzene rings is 1. The van der Waals surface area contributed by atoms with Crippen LogP contribution in [0.25, 0.3) is 0 Å². The Hall–Kier alpha value is -2.82. The van der Waals surface area contributed by atoms with Crippen LogP contribution in [0.1, 0.15) is 11.6 Å². The lowest BCUT2D eigenvalue weighted by Gasteiger charge is -2.34. The van der Waals surface area contributed by atoms with E-state index in [1.165, 1.54) is 24.3 Å². The minimum Gasteiger partial charge on any atom is -0.379 e. The number of morpholine rings is 1. The number of non-ortho nitro benzene ring substituents is 1. The molecule has 2 N–H and O–H groups in total. The van der Waals surface area contributed by atoms with Crippen LogP contribution in [0.5, 0.6) is 0 Å². The van der Waals surface area contributed by atoms with Crippen molar-refractivity contribution >= 4 is 34.5 Å². The van der Waals surface area contributed by atoms with Crippen LogP contribution in [0, 0.1) is 10.1 Å². The van der Waals surface area contributed by atoms with E-state index < -0.39 is 16.7 Å². The van der Waals surface area contributed by atoms with Crippen molar-refractivity contribution in [2.24, 2.45) is 0 Å². The van der Waals surface area contributed by atoms with Crippen molar-refractivity contribution in [2.75, 3.05) is 38.2 Å². The summed E-state index contributed by atoms with van der Waals surface area (Å²) < 4.78 is 5.39. The van der Waals surface area contributed by atoms with Gasteiger partial charge in [0.2, 0.25) is 0 Å². The number of nitro groups is 1. The Bertz CT molecular complexity index is 819. The summed E-state index contributed by atoms with van der Waals surface area (Å²) in [6.45, 7) is 3.07. The van der Waals surface area contributed by atoms with Crippen LogP contribution >= 0.6 is 11.3 Å². The number of hydrogen-bond donors (Lipinski definition) is 2. The Morgan fingerprint density at radius 3 is 2.50 bits per heavy atom. The van der Waals surface area contributed by atoms with Gasteiger partial charge in [-0.3, -0.25) is 24.6 Å². The molecule has 1 aromatic carbocycles. The van der Waals surface area contributed by atoms with E-state index >= 15 is 0 Å². The Balaban J connectivity index is 1.57. The van der Waals surface area contributed by atoms with E-state index in [0.717, 1.165) is 18.7 Å². The summed E-state index contributed by atoms with van der Waals surface area (Å²) in [6, 6.07) is 7.26. The molecule has 0 bridgehead atoms. The molecule has 0 aliphatic carbocycles. The van der Waals surface area contributed by atoms with Gasteiger partial charge < -0.3 is 15.4 Å². The van der Waals surface area contributed by atoms with E-state index in [0.29, 0.717) is 25.4 Å². The summed E-state index contributed by atoms with van der Waals surface area (Å²) in [6.07, 6.45) is 0. The highest BCUT2D eigenvalue weighted by Gasteiger charge is 2.24. The molecular formula is C18H20N4O5S. The van der Waals surface area contributed by atoms with Crippen molar-refractivity contribution in [3.63, 3.8) is 0 Å². The molecule has 0 saturated carbocycles. The molecule has 9 nitrogen and oxygen atoms in total. The molecule has 3 rings (SSSR count). The maximum absolute atomic E-state index is 12.2. The van der Waals surface area contributed by atoms with Crippen LogP contribution in [0.2, 0.25) is 0 Å². The number of hydrogen-bond acceptors (Lipinski definition) is 7. The molecule has 0 spiro atoms. The maximum atomic E-state index is 12.2. The number of amides is 2. The quantitative estimate of drug-likeness (QED) is 0.431. The summed E-state index contributed by atoms with van der Waals surface area (Å²) in [4.78, 5) is 36.7. The van der Waals surface area contributed by atoms with E-state index in [4.69, 9.17) is 4.74 Å². The molecule has 1 aliphatic rings. The first kappa shape index (κ1) is 19.9. The van der Waals surface area contributed by atoms with E-state index in [9.17, 15) is 19.7 Å². The first-order valence-corrected chi connectivity index (χ1v) is 9.66. The molecular weight excluding hydrogens is 384 g/mol. The Morgan fingerprint density at radius 1 is 1.18 bits per heavy atom. The van der Waals surface area contributed by atoms with Gasteiger partial charge in [-0.1, -0.05) is 0 Å². The molecule has 2 amide bonds. The second kappa shape index (κ2) is 9.40. The van der Waals surface area contributed by atoms with Gasteiger partial charge in [-0.25, -0.2) is 0 Å².